The van der Waals surface area contributed by atoms with Crippen molar-refractivity contribution in [1.82, 2.24) is 5.32 Å². The summed E-state index contributed by atoms with van der Waals surface area (Å²) < 4.78 is 10.2. The Morgan fingerprint density at radius 1 is 1.31 bits per heavy atom. The molecule has 0 aromatic carbocycles. The van der Waals surface area contributed by atoms with Crippen molar-refractivity contribution in [3.63, 3.8) is 0 Å². The smallest absolute Gasteiger partial charge is 0.0928 e. The predicted octanol–water partition coefficient (Wildman–Crippen LogP) is -0.0253. The molecular formula is C9H22N2O2. The van der Waals surface area contributed by atoms with Gasteiger partial charge in [0.25, 0.3) is 0 Å². The van der Waals surface area contributed by atoms with Crippen LogP contribution in [0.5, 0.6) is 0 Å². The van der Waals surface area contributed by atoms with Crippen molar-refractivity contribution >= 4 is 0 Å². The largest absolute Gasteiger partial charge is 0.382 e. The first kappa shape index (κ1) is 12.8. The van der Waals surface area contributed by atoms with Crippen LogP contribution in [0.25, 0.3) is 0 Å². The van der Waals surface area contributed by atoms with Crippen molar-refractivity contribution in [1.29, 1.82) is 0 Å². The molecular weight excluding hydrogens is 168 g/mol. The van der Waals surface area contributed by atoms with Gasteiger partial charge in [0.1, 0.15) is 0 Å². The lowest BCUT2D eigenvalue weighted by molar-refractivity contribution is 0.0289. The standard InChI is InChI=1S/C9H22N2O2/c1-4-8(10)5-11-6-9(13-3)7-12-2/h8-9,11H,4-7,10H2,1-3H3. The molecule has 0 fully saturated rings. The van der Waals surface area contributed by atoms with E-state index in [0.29, 0.717) is 6.61 Å². The Morgan fingerprint density at radius 2 is 2.00 bits per heavy atom. The van der Waals surface area contributed by atoms with Crippen LogP contribution in [0.3, 0.4) is 0 Å². The van der Waals surface area contributed by atoms with E-state index in [0.717, 1.165) is 19.5 Å². The molecule has 0 spiro atoms. The van der Waals surface area contributed by atoms with Gasteiger partial charge in [0.2, 0.25) is 0 Å². The van der Waals surface area contributed by atoms with Gasteiger partial charge in [-0.1, -0.05) is 6.92 Å². The molecule has 0 aliphatic heterocycles. The Bertz CT molecular complexity index is 112. The molecule has 2 unspecified atom stereocenters. The van der Waals surface area contributed by atoms with Gasteiger partial charge in [-0.25, -0.2) is 0 Å². The van der Waals surface area contributed by atoms with Crippen molar-refractivity contribution in [3.8, 4) is 0 Å². The lowest BCUT2D eigenvalue weighted by Crippen LogP contribution is -2.39. The molecule has 0 bridgehead atoms. The van der Waals surface area contributed by atoms with Crippen molar-refractivity contribution < 1.29 is 9.47 Å². The van der Waals surface area contributed by atoms with Gasteiger partial charge >= 0.3 is 0 Å². The van der Waals surface area contributed by atoms with Crippen LogP contribution in [0.15, 0.2) is 0 Å². The van der Waals surface area contributed by atoms with E-state index in [9.17, 15) is 0 Å². The normalized spacial score (nSPS) is 15.7. The van der Waals surface area contributed by atoms with Gasteiger partial charge < -0.3 is 20.5 Å². The van der Waals surface area contributed by atoms with Crippen LogP contribution < -0.4 is 11.1 Å². The zero-order valence-corrected chi connectivity index (χ0v) is 8.88. The maximum absolute atomic E-state index is 5.74. The quantitative estimate of drug-likeness (QED) is 0.564. The van der Waals surface area contributed by atoms with E-state index in [2.05, 4.69) is 12.2 Å². The highest BCUT2D eigenvalue weighted by molar-refractivity contribution is 4.65. The Morgan fingerprint density at radius 3 is 2.46 bits per heavy atom. The van der Waals surface area contributed by atoms with Gasteiger partial charge in [-0.3, -0.25) is 0 Å². The van der Waals surface area contributed by atoms with Crippen LogP contribution in [-0.4, -0.2) is 46.1 Å². The molecule has 0 aliphatic carbocycles. The summed E-state index contributed by atoms with van der Waals surface area (Å²) in [5.41, 5.74) is 5.74. The number of rotatable bonds is 8. The van der Waals surface area contributed by atoms with Crippen molar-refractivity contribution in [2.75, 3.05) is 33.9 Å². The first-order valence-corrected chi connectivity index (χ1v) is 4.72. The third-order valence-electron chi connectivity index (χ3n) is 1.99. The maximum Gasteiger partial charge on any atom is 0.0928 e. The zero-order valence-electron chi connectivity index (χ0n) is 8.88. The minimum Gasteiger partial charge on any atom is -0.382 e. The third-order valence-corrected chi connectivity index (χ3v) is 1.99. The number of hydrogen-bond donors (Lipinski definition) is 2. The van der Waals surface area contributed by atoms with Gasteiger partial charge in [0, 0.05) is 33.4 Å². The molecule has 0 aliphatic rings. The van der Waals surface area contributed by atoms with Crippen LogP contribution in [0.4, 0.5) is 0 Å². The second-order valence-corrected chi connectivity index (χ2v) is 3.14. The molecule has 3 N–H and O–H groups in total. The summed E-state index contributed by atoms with van der Waals surface area (Å²) in [7, 11) is 3.36. The second kappa shape index (κ2) is 8.44. The molecule has 0 saturated carbocycles. The molecule has 0 heterocycles. The minimum absolute atomic E-state index is 0.119. The van der Waals surface area contributed by atoms with Gasteiger partial charge in [-0.15, -0.1) is 0 Å². The molecule has 4 nitrogen and oxygen atoms in total. The molecule has 13 heavy (non-hydrogen) atoms. The maximum atomic E-state index is 5.74. The fraction of sp³-hybridized carbons (Fsp3) is 1.00. The van der Waals surface area contributed by atoms with Crippen molar-refractivity contribution in [2.24, 2.45) is 5.73 Å². The summed E-state index contributed by atoms with van der Waals surface area (Å²) in [4.78, 5) is 0. The number of methoxy groups -OCH3 is 2. The fourth-order valence-corrected chi connectivity index (χ4v) is 0.970. The SMILES string of the molecule is CCC(N)CNCC(COC)OC. The van der Waals surface area contributed by atoms with Gasteiger partial charge in [-0.2, -0.15) is 0 Å². The van der Waals surface area contributed by atoms with Crippen LogP contribution in [-0.2, 0) is 9.47 Å². The summed E-state index contributed by atoms with van der Waals surface area (Å²) in [6.45, 7) is 4.32. The Balaban J connectivity index is 3.37. The number of ether oxygens (including phenoxy) is 2. The Labute approximate surface area is 80.8 Å². The van der Waals surface area contributed by atoms with Gasteiger partial charge in [-0.05, 0) is 6.42 Å². The Kier molecular flexibility index (Phi) is 8.33. The number of nitrogens with one attached hydrogen (secondary N) is 1. The second-order valence-electron chi connectivity index (χ2n) is 3.14. The van der Waals surface area contributed by atoms with E-state index in [4.69, 9.17) is 15.2 Å². The highest BCUT2D eigenvalue weighted by Gasteiger charge is 2.06. The summed E-state index contributed by atoms with van der Waals surface area (Å²) in [6.07, 6.45) is 1.11. The predicted molar refractivity (Wildman–Crippen MR) is 53.8 cm³/mol. The lowest BCUT2D eigenvalue weighted by atomic mass is 10.2. The van der Waals surface area contributed by atoms with E-state index >= 15 is 0 Å². The molecule has 2 atom stereocenters. The van der Waals surface area contributed by atoms with E-state index in [1.165, 1.54) is 0 Å². The minimum atomic E-state index is 0.119. The fourth-order valence-electron chi connectivity index (χ4n) is 0.970. The number of nitrogens with two attached hydrogens (primary N) is 1. The van der Waals surface area contributed by atoms with E-state index in [-0.39, 0.29) is 12.1 Å². The van der Waals surface area contributed by atoms with E-state index < -0.39 is 0 Å². The molecule has 0 amide bonds. The monoisotopic (exact) mass is 190 g/mol. The molecule has 4 heteroatoms. The average Bonchev–Trinajstić information content (AvgIpc) is 2.16. The van der Waals surface area contributed by atoms with Crippen LogP contribution >= 0.6 is 0 Å². The molecule has 80 valence electrons. The van der Waals surface area contributed by atoms with Crippen LogP contribution in [0, 0.1) is 0 Å². The first-order valence-electron chi connectivity index (χ1n) is 4.72. The summed E-state index contributed by atoms with van der Waals surface area (Å²) in [5.74, 6) is 0. The summed E-state index contributed by atoms with van der Waals surface area (Å²) in [5, 5.41) is 3.24. The van der Waals surface area contributed by atoms with Crippen molar-refractivity contribution in [3.05, 3.63) is 0 Å². The molecule has 0 aromatic rings. The van der Waals surface area contributed by atoms with Crippen LogP contribution in [0.1, 0.15) is 13.3 Å². The van der Waals surface area contributed by atoms with E-state index in [1.807, 2.05) is 0 Å². The van der Waals surface area contributed by atoms with Gasteiger partial charge in [0.05, 0.1) is 12.7 Å². The van der Waals surface area contributed by atoms with Gasteiger partial charge in [0.15, 0.2) is 0 Å². The summed E-state index contributed by atoms with van der Waals surface area (Å²) in [6, 6.07) is 0.236. The summed E-state index contributed by atoms with van der Waals surface area (Å²) >= 11 is 0. The lowest BCUT2D eigenvalue weighted by Gasteiger charge is -2.16. The zero-order chi connectivity index (χ0) is 10.1. The molecule has 0 radical (unpaired) electrons. The highest BCUT2D eigenvalue weighted by Crippen LogP contribution is 1.89. The topological polar surface area (TPSA) is 56.5 Å². The average molecular weight is 190 g/mol. The van der Waals surface area contributed by atoms with Crippen molar-refractivity contribution in [2.45, 2.75) is 25.5 Å². The first-order chi connectivity index (χ1) is 6.24. The Hall–Kier alpha value is -0.160. The third kappa shape index (κ3) is 6.95. The van der Waals surface area contributed by atoms with E-state index in [1.54, 1.807) is 14.2 Å². The number of hydrogen-bond acceptors (Lipinski definition) is 4. The molecule has 0 saturated heterocycles. The highest BCUT2D eigenvalue weighted by atomic mass is 16.5. The van der Waals surface area contributed by atoms with Crippen LogP contribution in [0.2, 0.25) is 0 Å². The molecule has 0 aromatic heterocycles. The molecule has 0 rings (SSSR count).